The van der Waals surface area contributed by atoms with Crippen molar-refractivity contribution in [3.05, 3.63) is 29.7 Å². The minimum absolute atomic E-state index is 0.197. The molecule has 3 rings (SSSR count). The van der Waals surface area contributed by atoms with Crippen molar-refractivity contribution in [1.82, 2.24) is 15.1 Å². The average molecular weight is 331 g/mol. The monoisotopic (exact) mass is 331 g/mol. The maximum atomic E-state index is 10.9. The molecule has 0 unspecified atom stereocenters. The smallest absolute Gasteiger partial charge is 0.337 e. The van der Waals surface area contributed by atoms with Gasteiger partial charge in [0, 0.05) is 38.3 Å². The van der Waals surface area contributed by atoms with E-state index < -0.39 is 5.97 Å². The Morgan fingerprint density at radius 2 is 1.96 bits per heavy atom. The summed E-state index contributed by atoms with van der Waals surface area (Å²) in [4.78, 5) is 23.9. The predicted molar refractivity (Wildman–Crippen MR) is 88.6 cm³/mol. The van der Waals surface area contributed by atoms with E-state index in [1.165, 1.54) is 6.20 Å². The van der Waals surface area contributed by atoms with Crippen LogP contribution in [0.4, 0.5) is 11.8 Å². The van der Waals surface area contributed by atoms with Gasteiger partial charge in [-0.3, -0.25) is 0 Å². The van der Waals surface area contributed by atoms with Crippen molar-refractivity contribution >= 4 is 17.8 Å². The number of anilines is 2. The maximum Gasteiger partial charge on any atom is 0.337 e. The van der Waals surface area contributed by atoms with Gasteiger partial charge in [0.25, 0.3) is 0 Å². The van der Waals surface area contributed by atoms with Crippen LogP contribution in [0.1, 0.15) is 42.4 Å². The first-order valence-electron chi connectivity index (χ1n) is 8.07. The second kappa shape index (κ2) is 6.86. The van der Waals surface area contributed by atoms with Gasteiger partial charge >= 0.3 is 12.0 Å². The second-order valence-electron chi connectivity index (χ2n) is 6.13. The summed E-state index contributed by atoms with van der Waals surface area (Å²) in [6.45, 7) is 7.27. The molecule has 0 saturated carbocycles. The van der Waals surface area contributed by atoms with Crippen molar-refractivity contribution < 1.29 is 14.4 Å². The highest BCUT2D eigenvalue weighted by Crippen LogP contribution is 2.20. The topological polar surface area (TPSA) is 95.6 Å². The summed E-state index contributed by atoms with van der Waals surface area (Å²) in [5.41, 5.74) is 0.197. The summed E-state index contributed by atoms with van der Waals surface area (Å²) in [6, 6.07) is 3.90. The number of hydrogen-bond donors (Lipinski definition) is 1. The molecule has 128 valence electrons. The molecule has 1 saturated heterocycles. The van der Waals surface area contributed by atoms with Crippen LogP contribution in [-0.2, 0) is 0 Å². The average Bonchev–Trinajstić information content (AvgIpc) is 2.94. The van der Waals surface area contributed by atoms with Crippen molar-refractivity contribution in [3.8, 4) is 0 Å². The van der Waals surface area contributed by atoms with Gasteiger partial charge in [-0.25, -0.2) is 9.78 Å². The van der Waals surface area contributed by atoms with Crippen molar-refractivity contribution in [1.29, 1.82) is 0 Å². The van der Waals surface area contributed by atoms with Gasteiger partial charge in [0.15, 0.2) is 5.82 Å². The van der Waals surface area contributed by atoms with Crippen LogP contribution in [0.25, 0.3) is 0 Å². The molecular formula is C16H21N5O3. The molecule has 2 aromatic heterocycles. The SMILES string of the molecule is CC(C)c1noc(N2CCCN(c3ccc(C(=O)O)cn3)CC2)n1. The van der Waals surface area contributed by atoms with Crippen molar-refractivity contribution in [3.63, 3.8) is 0 Å². The van der Waals surface area contributed by atoms with Crippen LogP contribution >= 0.6 is 0 Å². The van der Waals surface area contributed by atoms with Gasteiger partial charge < -0.3 is 19.4 Å². The van der Waals surface area contributed by atoms with Crippen LogP contribution in [0.15, 0.2) is 22.9 Å². The number of rotatable bonds is 4. The molecule has 1 fully saturated rings. The molecule has 0 radical (unpaired) electrons. The molecule has 2 aromatic rings. The zero-order valence-electron chi connectivity index (χ0n) is 13.8. The third kappa shape index (κ3) is 3.47. The van der Waals surface area contributed by atoms with Gasteiger partial charge in [-0.1, -0.05) is 19.0 Å². The normalized spacial score (nSPS) is 15.6. The molecule has 0 aliphatic carbocycles. The molecule has 8 heteroatoms. The highest BCUT2D eigenvalue weighted by Gasteiger charge is 2.21. The van der Waals surface area contributed by atoms with Crippen LogP contribution < -0.4 is 9.80 Å². The van der Waals surface area contributed by atoms with E-state index in [2.05, 4.69) is 24.9 Å². The van der Waals surface area contributed by atoms with Crippen LogP contribution in [0.5, 0.6) is 0 Å². The van der Waals surface area contributed by atoms with E-state index >= 15 is 0 Å². The fourth-order valence-corrected chi connectivity index (χ4v) is 2.63. The zero-order valence-corrected chi connectivity index (χ0v) is 13.8. The number of aromatic carboxylic acids is 1. The summed E-state index contributed by atoms with van der Waals surface area (Å²) in [7, 11) is 0. The molecule has 1 aliphatic rings. The molecular weight excluding hydrogens is 310 g/mol. The van der Waals surface area contributed by atoms with Crippen LogP contribution in [0.3, 0.4) is 0 Å². The van der Waals surface area contributed by atoms with E-state index in [1.807, 2.05) is 13.8 Å². The Balaban J connectivity index is 1.67. The minimum atomic E-state index is -0.964. The Kier molecular flexibility index (Phi) is 4.64. The quantitative estimate of drug-likeness (QED) is 0.909. The van der Waals surface area contributed by atoms with Gasteiger partial charge in [-0.15, -0.1) is 0 Å². The Labute approximate surface area is 140 Å². The molecule has 0 aromatic carbocycles. The number of pyridine rings is 1. The Hall–Kier alpha value is -2.64. The largest absolute Gasteiger partial charge is 0.478 e. The van der Waals surface area contributed by atoms with E-state index in [0.717, 1.165) is 44.2 Å². The van der Waals surface area contributed by atoms with Crippen molar-refractivity contribution in [2.75, 3.05) is 36.0 Å². The Morgan fingerprint density at radius 3 is 2.58 bits per heavy atom. The van der Waals surface area contributed by atoms with E-state index in [0.29, 0.717) is 6.01 Å². The van der Waals surface area contributed by atoms with E-state index in [9.17, 15) is 4.79 Å². The maximum absolute atomic E-state index is 10.9. The number of aromatic nitrogens is 3. The van der Waals surface area contributed by atoms with Crippen molar-refractivity contribution in [2.24, 2.45) is 0 Å². The van der Waals surface area contributed by atoms with E-state index in [4.69, 9.17) is 9.63 Å². The van der Waals surface area contributed by atoms with Crippen LogP contribution in [0.2, 0.25) is 0 Å². The Morgan fingerprint density at radius 1 is 1.21 bits per heavy atom. The molecule has 0 amide bonds. The summed E-state index contributed by atoms with van der Waals surface area (Å²) in [5.74, 6) is 0.781. The molecule has 0 atom stereocenters. The lowest BCUT2D eigenvalue weighted by Gasteiger charge is -2.21. The predicted octanol–water partition coefficient (Wildman–Crippen LogP) is 2.00. The number of carbonyl (C=O) groups is 1. The molecule has 0 spiro atoms. The molecule has 24 heavy (non-hydrogen) atoms. The lowest BCUT2D eigenvalue weighted by atomic mass is 10.2. The van der Waals surface area contributed by atoms with Gasteiger partial charge in [0.1, 0.15) is 5.82 Å². The lowest BCUT2D eigenvalue weighted by Crippen LogP contribution is -2.31. The van der Waals surface area contributed by atoms with Crippen LogP contribution in [-0.4, -0.2) is 52.4 Å². The number of carboxylic acid groups (broad SMARTS) is 1. The zero-order chi connectivity index (χ0) is 17.1. The molecule has 0 bridgehead atoms. The summed E-state index contributed by atoms with van der Waals surface area (Å²) >= 11 is 0. The molecule has 3 heterocycles. The first-order valence-corrected chi connectivity index (χ1v) is 8.07. The fourth-order valence-electron chi connectivity index (χ4n) is 2.63. The third-order valence-corrected chi connectivity index (χ3v) is 4.03. The third-order valence-electron chi connectivity index (χ3n) is 4.03. The van der Waals surface area contributed by atoms with Gasteiger partial charge in [0.2, 0.25) is 0 Å². The van der Waals surface area contributed by atoms with Crippen LogP contribution in [0, 0.1) is 0 Å². The van der Waals surface area contributed by atoms with Gasteiger partial charge in [-0.2, -0.15) is 4.98 Å². The molecule has 1 N–H and O–H groups in total. The Bertz CT molecular complexity index is 698. The summed E-state index contributed by atoms with van der Waals surface area (Å²) in [6.07, 6.45) is 2.33. The van der Waals surface area contributed by atoms with E-state index in [-0.39, 0.29) is 11.5 Å². The molecule has 8 nitrogen and oxygen atoms in total. The first kappa shape index (κ1) is 16.2. The first-order chi connectivity index (χ1) is 11.5. The highest BCUT2D eigenvalue weighted by atomic mass is 16.5. The fraction of sp³-hybridized carbons (Fsp3) is 0.500. The minimum Gasteiger partial charge on any atom is -0.478 e. The van der Waals surface area contributed by atoms with E-state index in [1.54, 1.807) is 12.1 Å². The lowest BCUT2D eigenvalue weighted by molar-refractivity contribution is 0.0696. The van der Waals surface area contributed by atoms with Crippen molar-refractivity contribution in [2.45, 2.75) is 26.2 Å². The second-order valence-corrected chi connectivity index (χ2v) is 6.13. The summed E-state index contributed by atoms with van der Waals surface area (Å²) in [5, 5.41) is 13.0. The number of carboxylic acids is 1. The summed E-state index contributed by atoms with van der Waals surface area (Å²) < 4.78 is 5.37. The number of hydrogen-bond acceptors (Lipinski definition) is 7. The van der Waals surface area contributed by atoms with Gasteiger partial charge in [0.05, 0.1) is 5.56 Å². The number of nitrogens with zero attached hydrogens (tertiary/aromatic N) is 5. The highest BCUT2D eigenvalue weighted by molar-refractivity contribution is 5.87. The van der Waals surface area contributed by atoms with Gasteiger partial charge in [-0.05, 0) is 18.6 Å². The standard InChI is InChI=1S/C16H21N5O3/c1-11(2)14-18-16(24-19-14)21-7-3-6-20(8-9-21)13-5-4-12(10-17-13)15(22)23/h4-5,10-11H,3,6-9H2,1-2H3,(H,22,23). The molecule has 1 aliphatic heterocycles.